The molecule has 0 fully saturated rings. The fourth-order valence-corrected chi connectivity index (χ4v) is 7.52. The fourth-order valence-electron chi connectivity index (χ4n) is 2.90. The van der Waals surface area contributed by atoms with E-state index in [0.717, 1.165) is 12.8 Å². The average molecular weight is 389 g/mol. The van der Waals surface area contributed by atoms with Crippen molar-refractivity contribution in [3.63, 3.8) is 0 Å². The summed E-state index contributed by atoms with van der Waals surface area (Å²) in [5.41, 5.74) is 0. The van der Waals surface area contributed by atoms with Crippen LogP contribution in [0.3, 0.4) is 0 Å². The molecule has 2 aliphatic carbocycles. The zero-order chi connectivity index (χ0) is 16.6. The maximum atomic E-state index is 3.47. The maximum Gasteiger partial charge on any atom is 2.00 e. The first-order valence-corrected chi connectivity index (χ1v) is 14.8. The molecule has 0 N–H and O–H groups in total. The van der Waals surface area contributed by atoms with Crippen molar-refractivity contribution in [2.24, 2.45) is 0 Å². The second-order valence-electron chi connectivity index (χ2n) is 6.93. The molecule has 0 aliphatic heterocycles. The Morgan fingerprint density at radius 2 is 1.04 bits per heavy atom. The zero-order valence-corrected chi connectivity index (χ0v) is 18.9. The molecule has 3 heteroatoms. The molecule has 0 saturated heterocycles. The van der Waals surface area contributed by atoms with Crippen LogP contribution in [-0.4, -0.2) is 16.1 Å². The summed E-state index contributed by atoms with van der Waals surface area (Å²) < 4.78 is 0. The summed E-state index contributed by atoms with van der Waals surface area (Å²) in [4.78, 5) is 0. The molecule has 23 heavy (non-hydrogen) atoms. The summed E-state index contributed by atoms with van der Waals surface area (Å²) in [6, 6.07) is 5.43. The Balaban J connectivity index is 0.000000403. The van der Waals surface area contributed by atoms with E-state index in [1.807, 2.05) is 0 Å². The summed E-state index contributed by atoms with van der Waals surface area (Å²) in [5, 5.41) is 3.12. The van der Waals surface area contributed by atoms with E-state index >= 15 is 0 Å². The molecule has 132 valence electrons. The Morgan fingerprint density at radius 3 is 1.22 bits per heavy atom. The van der Waals surface area contributed by atoms with Crippen LogP contribution >= 0.6 is 0 Å². The van der Waals surface area contributed by atoms with Crippen molar-refractivity contribution < 1.29 is 16.5 Å². The first kappa shape index (κ1) is 22.9. The van der Waals surface area contributed by atoms with Crippen LogP contribution in [0.5, 0.6) is 0 Å². The first-order chi connectivity index (χ1) is 10.5. The third-order valence-electron chi connectivity index (χ3n) is 5.81. The van der Waals surface area contributed by atoms with Crippen molar-refractivity contribution >= 4 is 16.1 Å². The Bertz CT molecular complexity index is 420. The van der Waals surface area contributed by atoms with E-state index in [0.29, 0.717) is 0 Å². The molecule has 0 saturated carbocycles. The molecule has 0 aromatic carbocycles. The van der Waals surface area contributed by atoms with Crippen LogP contribution in [0.25, 0.3) is 0 Å². The van der Waals surface area contributed by atoms with Crippen LogP contribution < -0.4 is 0 Å². The minimum absolute atomic E-state index is 0. The van der Waals surface area contributed by atoms with Crippen molar-refractivity contribution in [1.82, 2.24) is 0 Å². The number of allylic oxidation sites excluding steroid dienone is 8. The molecule has 0 amide bonds. The quantitative estimate of drug-likeness (QED) is 0.352. The second-order valence-corrected chi connectivity index (χ2v) is 17.1. The molecular formula is C20H34NiSi2. The van der Waals surface area contributed by atoms with Gasteiger partial charge in [0, 0.05) is 16.1 Å². The fraction of sp³-hybridized carbons (Fsp3) is 0.600. The van der Waals surface area contributed by atoms with Gasteiger partial charge >= 0.3 is 16.5 Å². The Hall–Kier alpha value is -0.113. The molecule has 0 bridgehead atoms. The Morgan fingerprint density at radius 1 is 0.739 bits per heavy atom. The molecule has 0 atom stereocenters. The van der Waals surface area contributed by atoms with Crippen LogP contribution in [0.15, 0.2) is 34.7 Å². The standard InChI is InChI=1S/2C10H17Si.Ni/c2*1-4-11(3,5-2)10-8-6-7-9-10;/h2*6,8H,4-5,7H2,1-3H3;/q2*-1;+2. The Labute approximate surface area is 157 Å². The second kappa shape index (κ2) is 10.7. The molecule has 2 rings (SSSR count). The van der Waals surface area contributed by atoms with E-state index in [2.05, 4.69) is 77.2 Å². The number of rotatable bonds is 6. The van der Waals surface area contributed by atoms with Gasteiger partial charge in [0.1, 0.15) is 0 Å². The monoisotopic (exact) mass is 388 g/mol. The largest absolute Gasteiger partial charge is 2.00 e. The average Bonchev–Trinajstić information content (AvgIpc) is 3.27. The van der Waals surface area contributed by atoms with Gasteiger partial charge in [0.15, 0.2) is 0 Å². The van der Waals surface area contributed by atoms with Gasteiger partial charge in [0.25, 0.3) is 0 Å². The topological polar surface area (TPSA) is 0 Å². The molecule has 0 spiro atoms. The summed E-state index contributed by atoms with van der Waals surface area (Å²) in [7, 11) is -2.09. The molecule has 0 nitrogen and oxygen atoms in total. The van der Waals surface area contributed by atoms with E-state index in [1.54, 1.807) is 10.4 Å². The molecule has 0 heterocycles. The summed E-state index contributed by atoms with van der Waals surface area (Å²) >= 11 is 0. The van der Waals surface area contributed by atoms with Crippen LogP contribution in [0.1, 0.15) is 40.5 Å². The molecule has 2 aliphatic rings. The Kier molecular flexibility index (Phi) is 10.6. The van der Waals surface area contributed by atoms with Gasteiger partial charge in [0.2, 0.25) is 0 Å². The van der Waals surface area contributed by atoms with Crippen LogP contribution in [0, 0.1) is 12.2 Å². The van der Waals surface area contributed by atoms with Gasteiger partial charge in [-0.3, -0.25) is 12.2 Å². The van der Waals surface area contributed by atoms with Gasteiger partial charge in [-0.1, -0.05) is 65.0 Å². The third kappa shape index (κ3) is 6.03. The smallest absolute Gasteiger partial charge is 0.274 e. The van der Waals surface area contributed by atoms with Gasteiger partial charge < -0.3 is 0 Å². The van der Waals surface area contributed by atoms with Crippen molar-refractivity contribution in [2.45, 2.75) is 77.8 Å². The van der Waals surface area contributed by atoms with E-state index in [1.165, 1.54) is 24.2 Å². The SMILES string of the molecule is CC[Si](C)(CC)C1=[C-]CC=C1.CC[Si](C)(CC)C1=[C-]CC=C1.[Ni+2]. The molecule has 0 aromatic rings. The summed E-state index contributed by atoms with van der Waals surface area (Å²) in [6.45, 7) is 14.2. The van der Waals surface area contributed by atoms with Gasteiger partial charge in [0.05, 0.1) is 0 Å². The normalized spacial score (nSPS) is 16.4. The molecular weight excluding hydrogens is 355 g/mol. The first-order valence-electron chi connectivity index (χ1n) is 9.01. The predicted octanol–water partition coefficient (Wildman–Crippen LogP) is 6.66. The number of hydrogen-bond donors (Lipinski definition) is 0. The summed E-state index contributed by atoms with van der Waals surface area (Å²) in [5.74, 6) is 0. The summed E-state index contributed by atoms with van der Waals surface area (Å²) in [6.07, 6.45) is 18.1. The molecule has 0 unspecified atom stereocenters. The molecule has 0 aromatic heterocycles. The van der Waals surface area contributed by atoms with Crippen molar-refractivity contribution in [3.05, 3.63) is 46.8 Å². The molecule has 0 radical (unpaired) electrons. The van der Waals surface area contributed by atoms with Gasteiger partial charge in [-0.05, 0) is 0 Å². The van der Waals surface area contributed by atoms with Crippen LogP contribution in [0.4, 0.5) is 0 Å². The van der Waals surface area contributed by atoms with Crippen molar-refractivity contribution in [3.8, 4) is 0 Å². The van der Waals surface area contributed by atoms with E-state index in [4.69, 9.17) is 0 Å². The van der Waals surface area contributed by atoms with Crippen molar-refractivity contribution in [2.75, 3.05) is 0 Å². The minimum Gasteiger partial charge on any atom is -0.274 e. The van der Waals surface area contributed by atoms with E-state index < -0.39 is 16.1 Å². The third-order valence-corrected chi connectivity index (χ3v) is 15.3. The maximum absolute atomic E-state index is 3.47. The van der Waals surface area contributed by atoms with Crippen LogP contribution in [-0.2, 0) is 16.5 Å². The van der Waals surface area contributed by atoms with Gasteiger partial charge in [-0.2, -0.15) is 12.2 Å². The number of hydrogen-bond acceptors (Lipinski definition) is 0. The minimum atomic E-state index is -1.05. The van der Waals surface area contributed by atoms with Gasteiger partial charge in [-0.15, -0.1) is 12.8 Å². The van der Waals surface area contributed by atoms with E-state index in [-0.39, 0.29) is 16.5 Å². The van der Waals surface area contributed by atoms with Gasteiger partial charge in [-0.25, -0.2) is 22.5 Å². The van der Waals surface area contributed by atoms with Crippen LogP contribution in [0.2, 0.25) is 37.3 Å². The predicted molar refractivity (Wildman–Crippen MR) is 106 cm³/mol. The van der Waals surface area contributed by atoms with Crippen molar-refractivity contribution in [1.29, 1.82) is 0 Å². The van der Waals surface area contributed by atoms with E-state index in [9.17, 15) is 0 Å². The zero-order valence-electron chi connectivity index (χ0n) is 15.9.